The number of hydrogen-bond acceptors (Lipinski definition) is 6. The second-order valence-electron chi connectivity index (χ2n) is 9.02. The lowest BCUT2D eigenvalue weighted by Crippen LogP contribution is -2.36. The number of hydrogen-bond donors (Lipinski definition) is 1. The maximum Gasteiger partial charge on any atom is 0.414 e. The molecular formula is C29H25Cl2N3O5S. The van der Waals surface area contributed by atoms with Gasteiger partial charge in [0.15, 0.2) is 0 Å². The van der Waals surface area contributed by atoms with Crippen molar-refractivity contribution < 1.29 is 24.2 Å². The predicted molar refractivity (Wildman–Crippen MR) is 156 cm³/mol. The van der Waals surface area contributed by atoms with Crippen LogP contribution in [0, 0.1) is 6.92 Å². The van der Waals surface area contributed by atoms with Crippen molar-refractivity contribution in [1.82, 2.24) is 9.78 Å². The highest BCUT2D eigenvalue weighted by Gasteiger charge is 2.26. The highest BCUT2D eigenvalue weighted by atomic mass is 35.5. The summed E-state index contributed by atoms with van der Waals surface area (Å²) in [5.41, 5.74) is 4.25. The van der Waals surface area contributed by atoms with Crippen LogP contribution in [0.15, 0.2) is 71.9 Å². The van der Waals surface area contributed by atoms with E-state index in [0.717, 1.165) is 27.3 Å². The fourth-order valence-corrected chi connectivity index (χ4v) is 5.85. The summed E-state index contributed by atoms with van der Waals surface area (Å²) in [5, 5.41) is 14.9. The number of anilines is 1. The fraction of sp³-hybridized carbons (Fsp3) is 0.207. The zero-order valence-electron chi connectivity index (χ0n) is 21.5. The summed E-state index contributed by atoms with van der Waals surface area (Å²) < 4.78 is 13.0. The van der Waals surface area contributed by atoms with Gasteiger partial charge in [-0.25, -0.2) is 9.59 Å². The zero-order valence-corrected chi connectivity index (χ0v) is 23.8. The number of aromatic carboxylic acids is 1. The van der Waals surface area contributed by atoms with Crippen LogP contribution < -0.4 is 9.64 Å². The van der Waals surface area contributed by atoms with Crippen molar-refractivity contribution >= 4 is 52.7 Å². The average molecular weight is 599 g/mol. The Morgan fingerprint density at radius 3 is 2.73 bits per heavy atom. The molecule has 206 valence electrons. The molecule has 0 saturated heterocycles. The molecule has 0 bridgehead atoms. The number of carbonyl (C=O) groups excluding carboxylic acids is 1. The smallest absolute Gasteiger partial charge is 0.414 e. The number of amides is 1. The number of rotatable bonds is 8. The van der Waals surface area contributed by atoms with Gasteiger partial charge < -0.3 is 14.6 Å². The van der Waals surface area contributed by atoms with Gasteiger partial charge in [0.05, 0.1) is 24.0 Å². The third-order valence-electron chi connectivity index (χ3n) is 6.42. The Bertz CT molecular complexity index is 1580. The number of thioether (sulfide) groups is 1. The first-order valence-electron chi connectivity index (χ1n) is 12.4. The molecule has 4 aromatic rings. The summed E-state index contributed by atoms with van der Waals surface area (Å²) in [7, 11) is 0. The van der Waals surface area contributed by atoms with Gasteiger partial charge in [-0.2, -0.15) is 5.10 Å². The first kappa shape index (κ1) is 27.9. The van der Waals surface area contributed by atoms with Gasteiger partial charge in [-0.05, 0) is 48.9 Å². The standard InChI is InChI=1S/C29H25Cl2N3O5S/c1-18-23(30)5-3-7-26(18)38-11-12-39-29(37)34-10-13-40-27-22(4-2-6-25(27)34)21-15-32-33(17-21)16-20-14-19(28(35)36)8-9-24(20)31/h2-9,14-15,17H,10-13,16H2,1H3,(H,35,36). The van der Waals surface area contributed by atoms with E-state index in [1.54, 1.807) is 45.7 Å². The van der Waals surface area contributed by atoms with Crippen molar-refractivity contribution in [2.45, 2.75) is 18.4 Å². The third-order valence-corrected chi connectivity index (χ3v) is 8.30. The van der Waals surface area contributed by atoms with Crippen LogP contribution in [0.2, 0.25) is 10.0 Å². The van der Waals surface area contributed by atoms with E-state index in [9.17, 15) is 14.7 Å². The molecule has 1 N–H and O–H groups in total. The minimum atomic E-state index is -1.01. The lowest BCUT2D eigenvalue weighted by molar-refractivity contribution is 0.0696. The Morgan fingerprint density at radius 2 is 1.90 bits per heavy atom. The topological polar surface area (TPSA) is 93.9 Å². The van der Waals surface area contributed by atoms with E-state index in [1.807, 2.05) is 43.5 Å². The van der Waals surface area contributed by atoms with Crippen LogP contribution >= 0.6 is 35.0 Å². The largest absolute Gasteiger partial charge is 0.490 e. The normalized spacial score (nSPS) is 12.6. The molecule has 3 aromatic carbocycles. The molecular weight excluding hydrogens is 573 g/mol. The van der Waals surface area contributed by atoms with Crippen LogP contribution in [0.1, 0.15) is 21.5 Å². The van der Waals surface area contributed by atoms with Crippen LogP contribution in [0.5, 0.6) is 5.75 Å². The van der Waals surface area contributed by atoms with Crippen molar-refractivity contribution in [3.63, 3.8) is 0 Å². The maximum absolute atomic E-state index is 13.0. The van der Waals surface area contributed by atoms with Crippen molar-refractivity contribution in [2.75, 3.05) is 30.4 Å². The molecule has 0 radical (unpaired) electrons. The van der Waals surface area contributed by atoms with Crippen LogP contribution in [0.3, 0.4) is 0 Å². The van der Waals surface area contributed by atoms with Gasteiger partial charge in [0.25, 0.3) is 0 Å². The molecule has 1 aromatic heterocycles. The van der Waals surface area contributed by atoms with Crippen LogP contribution in [0.25, 0.3) is 11.1 Å². The second kappa shape index (κ2) is 12.2. The molecule has 5 rings (SSSR count). The zero-order chi connectivity index (χ0) is 28.2. The van der Waals surface area contributed by atoms with Crippen molar-refractivity contribution in [3.8, 4) is 16.9 Å². The molecule has 0 spiro atoms. The number of benzene rings is 3. The number of nitrogens with zero attached hydrogens (tertiary/aromatic N) is 3. The van der Waals surface area contributed by atoms with Gasteiger partial charge in [-0.1, -0.05) is 41.4 Å². The van der Waals surface area contributed by atoms with Gasteiger partial charge in [0, 0.05) is 50.1 Å². The molecule has 0 unspecified atom stereocenters. The van der Waals surface area contributed by atoms with Crippen molar-refractivity contribution in [1.29, 1.82) is 0 Å². The van der Waals surface area contributed by atoms with Gasteiger partial charge in [-0.15, -0.1) is 11.8 Å². The number of carboxylic acid groups (broad SMARTS) is 1. The highest BCUT2D eigenvalue weighted by molar-refractivity contribution is 7.99. The minimum absolute atomic E-state index is 0.0991. The summed E-state index contributed by atoms with van der Waals surface area (Å²) in [6.07, 6.45) is 3.19. The summed E-state index contributed by atoms with van der Waals surface area (Å²) in [6.45, 7) is 3.02. The lowest BCUT2D eigenvalue weighted by atomic mass is 10.1. The molecule has 0 aliphatic carbocycles. The lowest BCUT2D eigenvalue weighted by Gasteiger charge is -2.29. The Kier molecular flexibility index (Phi) is 8.54. The van der Waals surface area contributed by atoms with E-state index in [-0.39, 0.29) is 18.8 Å². The minimum Gasteiger partial charge on any atom is -0.490 e. The summed E-state index contributed by atoms with van der Waals surface area (Å²) in [5.74, 6) is 0.354. The number of carboxylic acids is 1. The quantitative estimate of drug-likeness (QED) is 0.218. The van der Waals surface area contributed by atoms with Crippen molar-refractivity contribution in [2.24, 2.45) is 0 Å². The van der Waals surface area contributed by atoms with Crippen LogP contribution in [-0.4, -0.2) is 52.5 Å². The van der Waals surface area contributed by atoms with E-state index < -0.39 is 12.1 Å². The molecule has 0 fully saturated rings. The maximum atomic E-state index is 13.0. The molecule has 2 heterocycles. The van der Waals surface area contributed by atoms with Crippen molar-refractivity contribution in [3.05, 3.63) is 93.7 Å². The van der Waals surface area contributed by atoms with E-state index in [4.69, 9.17) is 32.7 Å². The Morgan fingerprint density at radius 1 is 1.07 bits per heavy atom. The van der Waals surface area contributed by atoms with E-state index >= 15 is 0 Å². The first-order valence-corrected chi connectivity index (χ1v) is 14.2. The Hall–Kier alpha value is -3.66. The summed E-state index contributed by atoms with van der Waals surface area (Å²) in [6, 6.07) is 15.8. The van der Waals surface area contributed by atoms with Gasteiger partial charge in [0.1, 0.15) is 19.0 Å². The molecule has 1 amide bonds. The number of fused-ring (bicyclic) bond motifs is 1. The van der Waals surface area contributed by atoms with E-state index in [2.05, 4.69) is 5.10 Å². The molecule has 1 aliphatic heterocycles. The monoisotopic (exact) mass is 597 g/mol. The number of ether oxygens (including phenoxy) is 2. The van der Waals surface area contributed by atoms with Crippen LogP contribution in [-0.2, 0) is 11.3 Å². The molecule has 1 aliphatic rings. The first-order chi connectivity index (χ1) is 19.3. The van der Waals surface area contributed by atoms with E-state index in [0.29, 0.717) is 40.2 Å². The molecule has 8 nitrogen and oxygen atoms in total. The van der Waals surface area contributed by atoms with Crippen LogP contribution in [0.4, 0.5) is 10.5 Å². The average Bonchev–Trinajstić information content (AvgIpc) is 3.41. The predicted octanol–water partition coefficient (Wildman–Crippen LogP) is 7.04. The molecule has 40 heavy (non-hydrogen) atoms. The highest BCUT2D eigenvalue weighted by Crippen LogP contribution is 2.42. The number of halogens is 2. The van der Waals surface area contributed by atoms with E-state index in [1.165, 1.54) is 6.07 Å². The van der Waals surface area contributed by atoms with Gasteiger partial charge in [-0.3, -0.25) is 9.58 Å². The number of aromatic nitrogens is 2. The molecule has 11 heteroatoms. The summed E-state index contributed by atoms with van der Waals surface area (Å²) in [4.78, 5) is 27.0. The molecule has 0 atom stereocenters. The Labute approximate surface area is 245 Å². The third kappa shape index (κ3) is 6.06. The number of carbonyl (C=O) groups is 2. The summed E-state index contributed by atoms with van der Waals surface area (Å²) >= 11 is 14.1. The molecule has 0 saturated carbocycles. The van der Waals surface area contributed by atoms with Gasteiger partial charge in [0.2, 0.25) is 0 Å². The SMILES string of the molecule is Cc1c(Cl)cccc1OCCOC(=O)N1CCSc2c(-c3cnn(Cc4cc(C(=O)O)ccc4Cl)c3)cccc21. The second-order valence-corrected chi connectivity index (χ2v) is 10.9. The van der Waals surface area contributed by atoms with Gasteiger partial charge >= 0.3 is 12.1 Å². The Balaban J connectivity index is 1.27. The fourth-order valence-electron chi connectivity index (χ4n) is 4.36.